The molecule has 2 aromatic rings. The van der Waals surface area contributed by atoms with Crippen LogP contribution in [0.1, 0.15) is 0 Å². The van der Waals surface area contributed by atoms with E-state index in [9.17, 15) is 0 Å². The Kier molecular flexibility index (Phi) is 2.39. The molecule has 0 atom stereocenters. The Morgan fingerprint density at radius 3 is 2.67 bits per heavy atom. The fourth-order valence-corrected chi connectivity index (χ4v) is 2.12. The van der Waals surface area contributed by atoms with Crippen LogP contribution in [0.15, 0.2) is 45.6 Å². The predicted molar refractivity (Wildman–Crippen MR) is 50.5 cm³/mol. The maximum absolute atomic E-state index is 3.94. The van der Waals surface area contributed by atoms with Crippen molar-refractivity contribution in [1.29, 1.82) is 0 Å². The molecule has 1 aromatic heterocycles. The Labute approximate surface area is 78.8 Å². The number of hydrogen-bond acceptors (Lipinski definition) is 4. The second-order valence-corrected chi connectivity index (χ2v) is 3.86. The predicted octanol–water partition coefficient (Wildman–Crippen LogP) is 2.69. The molecule has 2 nitrogen and oxygen atoms in total. The van der Waals surface area contributed by atoms with Gasteiger partial charge in [-0.15, -0.1) is 5.10 Å². The average molecular weight is 194 g/mol. The molecular formula is C8H6N2S2. The highest BCUT2D eigenvalue weighted by molar-refractivity contribution is 7.99. The number of nitrogens with zero attached hydrogens (tertiary/aromatic N) is 2. The van der Waals surface area contributed by atoms with Crippen molar-refractivity contribution in [2.45, 2.75) is 9.92 Å². The van der Waals surface area contributed by atoms with Crippen LogP contribution in [-0.4, -0.2) is 9.59 Å². The maximum atomic E-state index is 3.94. The van der Waals surface area contributed by atoms with Crippen molar-refractivity contribution in [3.05, 3.63) is 35.7 Å². The van der Waals surface area contributed by atoms with Crippen LogP contribution in [-0.2, 0) is 0 Å². The van der Waals surface area contributed by atoms with E-state index in [1.54, 1.807) is 11.8 Å². The standard InChI is InChI=1S/C8H6N2S2/c1-2-4-7(5-3-1)12-8-6-11-10-9-8/h1-6H. The van der Waals surface area contributed by atoms with E-state index >= 15 is 0 Å². The highest BCUT2D eigenvalue weighted by Gasteiger charge is 1.97. The minimum absolute atomic E-state index is 0.964. The number of benzene rings is 1. The molecule has 0 unspecified atom stereocenters. The second-order valence-electron chi connectivity index (χ2n) is 2.16. The van der Waals surface area contributed by atoms with Crippen molar-refractivity contribution < 1.29 is 0 Å². The molecule has 0 amide bonds. The van der Waals surface area contributed by atoms with Gasteiger partial charge in [0.25, 0.3) is 0 Å². The fraction of sp³-hybridized carbons (Fsp3) is 0. The molecule has 0 spiro atoms. The van der Waals surface area contributed by atoms with E-state index in [4.69, 9.17) is 0 Å². The molecule has 4 heteroatoms. The molecule has 0 aliphatic rings. The number of aromatic nitrogens is 2. The molecule has 0 bridgehead atoms. The molecule has 0 saturated carbocycles. The minimum atomic E-state index is 0.964. The molecule has 0 saturated heterocycles. The van der Waals surface area contributed by atoms with Gasteiger partial charge in [0, 0.05) is 10.3 Å². The zero-order valence-electron chi connectivity index (χ0n) is 6.18. The lowest BCUT2D eigenvalue weighted by Crippen LogP contribution is -1.71. The van der Waals surface area contributed by atoms with Crippen LogP contribution in [0.5, 0.6) is 0 Å². The van der Waals surface area contributed by atoms with Crippen molar-refractivity contribution in [2.24, 2.45) is 0 Å². The van der Waals surface area contributed by atoms with Gasteiger partial charge in [-0.25, -0.2) is 0 Å². The van der Waals surface area contributed by atoms with Gasteiger partial charge in [0.15, 0.2) is 0 Å². The van der Waals surface area contributed by atoms with Gasteiger partial charge >= 0.3 is 0 Å². The van der Waals surface area contributed by atoms with Gasteiger partial charge in [-0.1, -0.05) is 34.4 Å². The van der Waals surface area contributed by atoms with Crippen molar-refractivity contribution in [3.8, 4) is 0 Å². The van der Waals surface area contributed by atoms with Crippen LogP contribution in [0.2, 0.25) is 0 Å². The average Bonchev–Trinajstić information content (AvgIpc) is 2.59. The van der Waals surface area contributed by atoms with E-state index in [1.807, 2.05) is 23.6 Å². The lowest BCUT2D eigenvalue weighted by Gasteiger charge is -1.93. The van der Waals surface area contributed by atoms with E-state index in [-0.39, 0.29) is 0 Å². The van der Waals surface area contributed by atoms with Gasteiger partial charge in [0.2, 0.25) is 0 Å². The summed E-state index contributed by atoms with van der Waals surface area (Å²) in [7, 11) is 0. The van der Waals surface area contributed by atoms with Crippen LogP contribution in [0, 0.1) is 0 Å². The molecule has 2 rings (SSSR count). The third-order valence-corrected chi connectivity index (χ3v) is 2.88. The molecule has 0 radical (unpaired) electrons. The Bertz CT molecular complexity index is 331. The highest BCUT2D eigenvalue weighted by Crippen LogP contribution is 2.25. The second kappa shape index (κ2) is 3.69. The zero-order valence-corrected chi connectivity index (χ0v) is 7.81. The number of hydrogen-bond donors (Lipinski definition) is 0. The summed E-state index contributed by atoms with van der Waals surface area (Å²) in [4.78, 5) is 1.20. The largest absolute Gasteiger partial charge is 0.136 e. The summed E-state index contributed by atoms with van der Waals surface area (Å²) in [6.07, 6.45) is 0. The molecule has 0 N–H and O–H groups in total. The normalized spacial score (nSPS) is 10.0. The summed E-state index contributed by atoms with van der Waals surface area (Å²) in [5.74, 6) is 0. The summed E-state index contributed by atoms with van der Waals surface area (Å²) < 4.78 is 3.79. The van der Waals surface area contributed by atoms with Gasteiger partial charge in [-0.05, 0) is 23.7 Å². The van der Waals surface area contributed by atoms with E-state index in [0.717, 1.165) is 5.03 Å². The maximum Gasteiger partial charge on any atom is 0.136 e. The minimum Gasteiger partial charge on any atom is -0.131 e. The fourth-order valence-electron chi connectivity index (χ4n) is 0.810. The smallest absolute Gasteiger partial charge is 0.131 e. The van der Waals surface area contributed by atoms with Crippen LogP contribution >= 0.6 is 23.3 Å². The van der Waals surface area contributed by atoms with Gasteiger partial charge in [-0.3, -0.25) is 0 Å². The molecule has 1 heterocycles. The Hall–Kier alpha value is -0.870. The monoisotopic (exact) mass is 194 g/mol. The summed E-state index contributed by atoms with van der Waals surface area (Å²) >= 11 is 3.01. The lowest BCUT2D eigenvalue weighted by atomic mass is 10.4. The molecule has 0 aliphatic heterocycles. The molecule has 60 valence electrons. The van der Waals surface area contributed by atoms with Crippen LogP contribution in [0.3, 0.4) is 0 Å². The quantitative estimate of drug-likeness (QED) is 0.735. The van der Waals surface area contributed by atoms with Crippen molar-refractivity contribution in [2.75, 3.05) is 0 Å². The van der Waals surface area contributed by atoms with Crippen molar-refractivity contribution >= 4 is 23.3 Å². The molecule has 1 aromatic carbocycles. The topological polar surface area (TPSA) is 25.8 Å². The van der Waals surface area contributed by atoms with E-state index in [2.05, 4.69) is 21.7 Å². The highest BCUT2D eigenvalue weighted by atomic mass is 32.2. The van der Waals surface area contributed by atoms with Gasteiger partial charge in [0.1, 0.15) is 5.03 Å². The first-order chi connectivity index (χ1) is 5.95. The molecule has 0 fully saturated rings. The first-order valence-corrected chi connectivity index (χ1v) is 5.10. The van der Waals surface area contributed by atoms with Crippen molar-refractivity contribution in [3.63, 3.8) is 0 Å². The molecular weight excluding hydrogens is 188 g/mol. The summed E-state index contributed by atoms with van der Waals surface area (Å²) in [5.41, 5.74) is 0. The SMILES string of the molecule is c1ccc(Sc2csnn2)cc1. The zero-order chi connectivity index (χ0) is 8.23. The Morgan fingerprint density at radius 1 is 1.17 bits per heavy atom. The van der Waals surface area contributed by atoms with E-state index in [0.29, 0.717) is 0 Å². The lowest BCUT2D eigenvalue weighted by molar-refractivity contribution is 1.03. The van der Waals surface area contributed by atoms with Gasteiger partial charge < -0.3 is 0 Å². The first-order valence-electron chi connectivity index (χ1n) is 3.45. The first kappa shape index (κ1) is 7.76. The number of rotatable bonds is 2. The van der Waals surface area contributed by atoms with E-state index < -0.39 is 0 Å². The van der Waals surface area contributed by atoms with Crippen LogP contribution < -0.4 is 0 Å². The third-order valence-electron chi connectivity index (χ3n) is 1.31. The third kappa shape index (κ3) is 1.84. The van der Waals surface area contributed by atoms with Gasteiger partial charge in [-0.2, -0.15) is 0 Å². The van der Waals surface area contributed by atoms with Crippen LogP contribution in [0.4, 0.5) is 0 Å². The van der Waals surface area contributed by atoms with Crippen molar-refractivity contribution in [1.82, 2.24) is 9.59 Å². The molecule has 0 aliphatic carbocycles. The summed E-state index contributed by atoms with van der Waals surface area (Å²) in [5, 5.41) is 6.85. The summed E-state index contributed by atoms with van der Waals surface area (Å²) in [6, 6.07) is 10.2. The molecule has 12 heavy (non-hydrogen) atoms. The Morgan fingerprint density at radius 2 is 2.00 bits per heavy atom. The summed E-state index contributed by atoms with van der Waals surface area (Å²) in [6.45, 7) is 0. The van der Waals surface area contributed by atoms with E-state index in [1.165, 1.54) is 16.4 Å². The Balaban J connectivity index is 2.15. The van der Waals surface area contributed by atoms with Gasteiger partial charge in [0.05, 0.1) is 0 Å². The van der Waals surface area contributed by atoms with Crippen LogP contribution in [0.25, 0.3) is 0 Å².